The van der Waals surface area contributed by atoms with Crippen LogP contribution in [0, 0.1) is 22.7 Å². The Kier molecular flexibility index (Phi) is 5.52. The van der Waals surface area contributed by atoms with Crippen LogP contribution in [0.2, 0.25) is 0 Å². The van der Waals surface area contributed by atoms with Gasteiger partial charge in [0.15, 0.2) is 0 Å². The minimum Gasteiger partial charge on any atom is -0.455 e. The first-order valence-corrected chi connectivity index (χ1v) is 15.7. The highest BCUT2D eigenvalue weighted by Gasteiger charge is 2.25. The van der Waals surface area contributed by atoms with E-state index in [-0.39, 0.29) is 5.41 Å². The van der Waals surface area contributed by atoms with E-state index in [0.29, 0.717) is 11.1 Å². The van der Waals surface area contributed by atoms with Crippen molar-refractivity contribution in [2.45, 2.75) is 26.2 Å². The van der Waals surface area contributed by atoms with Gasteiger partial charge in [-0.1, -0.05) is 81.4 Å². The summed E-state index contributed by atoms with van der Waals surface area (Å²) in [6.07, 6.45) is 0. The molecule has 0 aliphatic rings. The minimum atomic E-state index is -0.0685. The summed E-state index contributed by atoms with van der Waals surface area (Å²) in [5.41, 5.74) is 9.15. The van der Waals surface area contributed by atoms with Crippen LogP contribution in [0.15, 0.2) is 120 Å². The second-order valence-corrected chi connectivity index (χ2v) is 13.2. The lowest BCUT2D eigenvalue weighted by atomic mass is 9.86. The molecule has 0 amide bonds. The third-order valence-electron chi connectivity index (χ3n) is 9.56. The monoisotopic (exact) mass is 604 g/mol. The Balaban J connectivity index is 1.50. The van der Waals surface area contributed by atoms with Crippen LogP contribution in [0.3, 0.4) is 0 Å². The van der Waals surface area contributed by atoms with Crippen LogP contribution < -0.4 is 0 Å². The summed E-state index contributed by atoms with van der Waals surface area (Å²) < 4.78 is 11.1. The summed E-state index contributed by atoms with van der Waals surface area (Å²) in [7, 11) is 0. The second kappa shape index (κ2) is 9.60. The minimum absolute atomic E-state index is 0.0685. The van der Waals surface area contributed by atoms with Crippen molar-refractivity contribution in [2.75, 3.05) is 0 Å². The summed E-state index contributed by atoms with van der Waals surface area (Å²) in [5.74, 6) is 0. The Morgan fingerprint density at radius 3 is 1.68 bits per heavy atom. The average molecular weight is 605 g/mol. The number of nitrogens with zero attached hydrogens (tertiary/aromatic N) is 4. The Morgan fingerprint density at radius 2 is 1.06 bits per heavy atom. The van der Waals surface area contributed by atoms with Gasteiger partial charge in [-0.3, -0.25) is 0 Å². The van der Waals surface area contributed by atoms with Crippen molar-refractivity contribution < 1.29 is 4.42 Å². The van der Waals surface area contributed by atoms with Crippen LogP contribution in [0.5, 0.6) is 0 Å². The van der Waals surface area contributed by atoms with Gasteiger partial charge in [0.1, 0.15) is 23.3 Å². The van der Waals surface area contributed by atoms with Crippen molar-refractivity contribution in [3.05, 3.63) is 132 Å². The van der Waals surface area contributed by atoms with Crippen molar-refractivity contribution >= 4 is 65.6 Å². The Hall–Kier alpha value is -6.30. The molecule has 5 heteroatoms. The highest BCUT2D eigenvalue weighted by atomic mass is 16.3. The second-order valence-electron chi connectivity index (χ2n) is 13.2. The molecule has 5 nitrogen and oxygen atoms in total. The van der Waals surface area contributed by atoms with E-state index in [2.05, 4.69) is 115 Å². The van der Waals surface area contributed by atoms with Gasteiger partial charge in [0.25, 0.3) is 0 Å². The summed E-state index contributed by atoms with van der Waals surface area (Å²) in [5, 5.41) is 27.0. The molecule has 222 valence electrons. The molecule has 3 heterocycles. The zero-order chi connectivity index (χ0) is 32.0. The van der Waals surface area contributed by atoms with E-state index >= 15 is 0 Å². The van der Waals surface area contributed by atoms with Crippen molar-refractivity contribution in [3.8, 4) is 23.5 Å². The molecule has 0 unspecified atom stereocenters. The van der Waals surface area contributed by atoms with Gasteiger partial charge in [-0.15, -0.1) is 0 Å². The first kappa shape index (κ1) is 27.0. The highest BCUT2D eigenvalue weighted by Crippen LogP contribution is 2.44. The molecule has 0 aliphatic carbocycles. The van der Waals surface area contributed by atoms with Gasteiger partial charge in [-0.05, 0) is 65.6 Å². The molecule has 0 radical (unpaired) electrons. The van der Waals surface area contributed by atoms with Gasteiger partial charge in [0.05, 0.1) is 50.0 Å². The number of nitriles is 2. The van der Waals surface area contributed by atoms with Gasteiger partial charge >= 0.3 is 0 Å². The van der Waals surface area contributed by atoms with E-state index in [1.54, 1.807) is 0 Å². The predicted molar refractivity (Wildman–Crippen MR) is 191 cm³/mol. The van der Waals surface area contributed by atoms with Crippen LogP contribution in [-0.2, 0) is 5.41 Å². The summed E-state index contributed by atoms with van der Waals surface area (Å²) in [6.45, 7) is 6.68. The summed E-state index contributed by atoms with van der Waals surface area (Å²) in [4.78, 5) is 0. The molecule has 6 aromatic carbocycles. The molecular formula is C42H28N4O. The number of rotatable bonds is 2. The molecule has 47 heavy (non-hydrogen) atoms. The van der Waals surface area contributed by atoms with Crippen LogP contribution >= 0.6 is 0 Å². The SMILES string of the molecule is CC(C)(C)c1ccc2c(c1)c1c3oc4ccccc4c3ccc1n2-c1cc(C#N)c(C#N)cc1-n1c2ccccc2c2ccccc21. The third-order valence-corrected chi connectivity index (χ3v) is 9.56. The van der Waals surface area contributed by atoms with Crippen LogP contribution in [-0.4, -0.2) is 9.13 Å². The lowest BCUT2D eigenvalue weighted by Gasteiger charge is -2.20. The van der Waals surface area contributed by atoms with Gasteiger partial charge in [0, 0.05) is 26.9 Å². The van der Waals surface area contributed by atoms with Crippen molar-refractivity contribution in [2.24, 2.45) is 0 Å². The molecule has 0 saturated heterocycles. The molecule has 3 aromatic heterocycles. The Morgan fingerprint density at radius 1 is 0.532 bits per heavy atom. The lowest BCUT2D eigenvalue weighted by molar-refractivity contribution is 0.591. The smallest absolute Gasteiger partial charge is 0.145 e. The van der Waals surface area contributed by atoms with Gasteiger partial charge in [0.2, 0.25) is 0 Å². The molecule has 0 saturated carbocycles. The predicted octanol–water partition coefficient (Wildman–Crippen LogP) is 10.8. The molecule has 0 atom stereocenters. The fourth-order valence-corrected chi connectivity index (χ4v) is 7.31. The maximum atomic E-state index is 10.3. The number of para-hydroxylation sites is 3. The number of fused-ring (bicyclic) bond motifs is 10. The number of benzene rings is 6. The number of hydrogen-bond donors (Lipinski definition) is 0. The largest absolute Gasteiger partial charge is 0.455 e. The van der Waals surface area contributed by atoms with E-state index in [1.807, 2.05) is 42.5 Å². The van der Waals surface area contributed by atoms with Gasteiger partial charge in [-0.25, -0.2) is 0 Å². The number of furan rings is 1. The molecule has 0 bridgehead atoms. The maximum Gasteiger partial charge on any atom is 0.145 e. The third kappa shape index (κ3) is 3.75. The quantitative estimate of drug-likeness (QED) is 0.197. The zero-order valence-corrected chi connectivity index (χ0v) is 26.2. The van der Waals surface area contributed by atoms with Crippen LogP contribution in [0.1, 0.15) is 37.5 Å². The molecule has 0 fully saturated rings. The standard InChI is InChI=1S/C42H28N4O/c1-42(2,3)27-16-18-35-32(22-27)40-36(19-17-31-30-12-6-9-15-39(30)47-41(31)40)46(35)38-21-26(24-44)25(23-43)20-37(38)45-33-13-7-4-10-28(33)29-11-5-8-14-34(29)45/h4-22H,1-3H3. The van der Waals surface area contributed by atoms with Crippen LogP contribution in [0.4, 0.5) is 0 Å². The zero-order valence-electron chi connectivity index (χ0n) is 26.2. The first-order chi connectivity index (χ1) is 22.9. The fourth-order valence-electron chi connectivity index (χ4n) is 7.31. The summed E-state index contributed by atoms with van der Waals surface area (Å²) >= 11 is 0. The highest BCUT2D eigenvalue weighted by molar-refractivity contribution is 6.24. The van der Waals surface area contributed by atoms with E-state index < -0.39 is 0 Å². The fraction of sp³-hybridized carbons (Fsp3) is 0.0952. The van der Waals surface area contributed by atoms with Crippen molar-refractivity contribution in [1.82, 2.24) is 9.13 Å². The van der Waals surface area contributed by atoms with Crippen LogP contribution in [0.25, 0.3) is 76.9 Å². The van der Waals surface area contributed by atoms with Gasteiger partial charge in [-0.2, -0.15) is 10.5 Å². The molecule has 9 aromatic rings. The topological polar surface area (TPSA) is 70.6 Å². The number of aromatic nitrogens is 2. The molecular weight excluding hydrogens is 576 g/mol. The van der Waals surface area contributed by atoms with E-state index in [0.717, 1.165) is 76.9 Å². The van der Waals surface area contributed by atoms with Crippen molar-refractivity contribution in [3.63, 3.8) is 0 Å². The average Bonchev–Trinajstić information content (AvgIpc) is 3.74. The Bertz CT molecular complexity index is 2800. The molecule has 0 aliphatic heterocycles. The molecule has 0 N–H and O–H groups in total. The van der Waals surface area contributed by atoms with E-state index in [1.165, 1.54) is 5.56 Å². The Labute approximate surface area is 270 Å². The van der Waals surface area contributed by atoms with Gasteiger partial charge < -0.3 is 13.6 Å². The van der Waals surface area contributed by atoms with Crippen molar-refractivity contribution in [1.29, 1.82) is 10.5 Å². The lowest BCUT2D eigenvalue weighted by Crippen LogP contribution is -2.10. The van der Waals surface area contributed by atoms with E-state index in [4.69, 9.17) is 4.42 Å². The molecule has 0 spiro atoms. The summed E-state index contributed by atoms with van der Waals surface area (Å²) in [6, 6.07) is 44.2. The van der Waals surface area contributed by atoms with E-state index in [9.17, 15) is 10.5 Å². The maximum absolute atomic E-state index is 10.3. The number of hydrogen-bond acceptors (Lipinski definition) is 3. The normalized spacial score (nSPS) is 12.1. The molecule has 9 rings (SSSR count). The first-order valence-electron chi connectivity index (χ1n) is 15.7.